The van der Waals surface area contributed by atoms with E-state index in [1.165, 1.54) is 77.3 Å². The number of unbranched alkanes of at least 4 members (excludes halogenated alkanes) is 5. The number of halogens is 3. The highest BCUT2D eigenvalue weighted by molar-refractivity contribution is 7.86. The summed E-state index contributed by atoms with van der Waals surface area (Å²) < 4.78 is 57.5. The first-order chi connectivity index (χ1) is 11.1. The Balaban J connectivity index is 0.000000561. The van der Waals surface area contributed by atoms with Crippen LogP contribution >= 0.6 is 0 Å². The summed E-state index contributed by atoms with van der Waals surface area (Å²) in [6, 6.07) is 0.931. The summed E-state index contributed by atoms with van der Waals surface area (Å²) in [5.41, 5.74) is -5.53. The van der Waals surface area contributed by atoms with Gasteiger partial charge in [-0.05, 0) is 38.8 Å². The van der Waals surface area contributed by atoms with E-state index in [-0.39, 0.29) is 0 Å². The van der Waals surface area contributed by atoms with Crippen LogP contribution in [0.4, 0.5) is 13.2 Å². The van der Waals surface area contributed by atoms with Crippen LogP contribution in [-0.2, 0) is 10.1 Å². The molecule has 1 atom stereocenters. The van der Waals surface area contributed by atoms with E-state index < -0.39 is 15.6 Å². The molecule has 0 amide bonds. The van der Waals surface area contributed by atoms with Crippen LogP contribution in [-0.4, -0.2) is 42.5 Å². The number of hydrogen-bond donors (Lipinski definition) is 1. The summed E-state index contributed by atoms with van der Waals surface area (Å²) in [7, 11) is -5.84. The molecule has 24 heavy (non-hydrogen) atoms. The highest BCUT2D eigenvalue weighted by atomic mass is 32.2. The van der Waals surface area contributed by atoms with E-state index in [0.29, 0.717) is 0 Å². The van der Waals surface area contributed by atoms with E-state index in [2.05, 4.69) is 18.7 Å². The molecule has 1 rings (SSSR count). The zero-order valence-electron chi connectivity index (χ0n) is 14.8. The molecule has 1 N–H and O–H groups in total. The average Bonchev–Trinajstić information content (AvgIpc) is 2.89. The first-order valence-electron chi connectivity index (χ1n) is 8.91. The molecule has 0 aromatic heterocycles. The maximum absolute atomic E-state index is 10.7. The number of alkyl halides is 3. The Labute approximate surface area is 144 Å². The van der Waals surface area contributed by atoms with Crippen LogP contribution in [0, 0.1) is 0 Å². The summed E-state index contributed by atoms with van der Waals surface area (Å²) in [6.45, 7) is 7.36. The quantitative estimate of drug-likeness (QED) is 0.350. The maximum atomic E-state index is 10.7. The molecule has 1 saturated heterocycles. The van der Waals surface area contributed by atoms with Gasteiger partial charge in [0, 0.05) is 6.04 Å². The van der Waals surface area contributed by atoms with Gasteiger partial charge < -0.3 is 4.90 Å². The van der Waals surface area contributed by atoms with Crippen molar-refractivity contribution in [3.63, 3.8) is 0 Å². The Morgan fingerprint density at radius 2 is 1.58 bits per heavy atom. The van der Waals surface area contributed by atoms with Gasteiger partial charge in [0.1, 0.15) is 0 Å². The fraction of sp³-hybridized carbons (Fsp3) is 1.00. The van der Waals surface area contributed by atoms with Crippen molar-refractivity contribution in [1.29, 1.82) is 0 Å². The minimum Gasteiger partial charge on any atom is -0.300 e. The second-order valence-corrected chi connectivity index (χ2v) is 7.72. The highest BCUT2D eigenvalue weighted by Crippen LogP contribution is 2.22. The predicted molar refractivity (Wildman–Crippen MR) is 90.5 cm³/mol. The van der Waals surface area contributed by atoms with Crippen LogP contribution in [0.1, 0.15) is 78.1 Å². The van der Waals surface area contributed by atoms with Crippen molar-refractivity contribution in [2.24, 2.45) is 0 Å². The fourth-order valence-corrected chi connectivity index (χ4v) is 2.94. The summed E-state index contributed by atoms with van der Waals surface area (Å²) in [5.74, 6) is 0. The fourth-order valence-electron chi connectivity index (χ4n) is 2.94. The lowest BCUT2D eigenvalue weighted by Gasteiger charge is -2.23. The third-order valence-electron chi connectivity index (χ3n) is 4.21. The Bertz CT molecular complexity index is 413. The number of nitrogens with zero attached hydrogens (tertiary/aromatic N) is 1. The van der Waals surface area contributed by atoms with Crippen molar-refractivity contribution >= 4 is 10.1 Å². The second-order valence-electron chi connectivity index (χ2n) is 6.31. The standard InChI is InChI=1S/C15H31N.CHF3O3S/c1-3-5-6-7-8-9-13-16-14-10-12-15(16)11-4-2;2-1(3,4)8(5,6)7/h15H,3-14H2,1-2H3;(H,5,6,7). The van der Waals surface area contributed by atoms with Crippen LogP contribution in [0.25, 0.3) is 0 Å². The molecule has 146 valence electrons. The summed E-state index contributed by atoms with van der Waals surface area (Å²) >= 11 is 0. The molecule has 0 aliphatic carbocycles. The van der Waals surface area contributed by atoms with E-state index in [9.17, 15) is 13.2 Å². The minimum atomic E-state index is -5.84. The Kier molecular flexibility index (Phi) is 11.9. The van der Waals surface area contributed by atoms with E-state index >= 15 is 0 Å². The molecule has 1 fully saturated rings. The largest absolute Gasteiger partial charge is 0.522 e. The zero-order chi connectivity index (χ0) is 18.6. The molecule has 1 unspecified atom stereocenters. The Morgan fingerprint density at radius 3 is 2.08 bits per heavy atom. The van der Waals surface area contributed by atoms with Crippen LogP contribution in [0.3, 0.4) is 0 Å². The van der Waals surface area contributed by atoms with Crippen LogP contribution in [0.5, 0.6) is 0 Å². The van der Waals surface area contributed by atoms with Crippen LogP contribution < -0.4 is 0 Å². The minimum absolute atomic E-state index is 0.931. The van der Waals surface area contributed by atoms with Crippen LogP contribution in [0.15, 0.2) is 0 Å². The number of rotatable bonds is 9. The summed E-state index contributed by atoms with van der Waals surface area (Å²) in [5, 5.41) is 0. The lowest BCUT2D eigenvalue weighted by Crippen LogP contribution is -2.30. The highest BCUT2D eigenvalue weighted by Gasteiger charge is 2.44. The topological polar surface area (TPSA) is 57.6 Å². The van der Waals surface area contributed by atoms with Crippen molar-refractivity contribution in [3.05, 3.63) is 0 Å². The molecular weight excluding hydrogens is 343 g/mol. The number of likely N-dealkylation sites (tertiary alicyclic amines) is 1. The van der Waals surface area contributed by atoms with Crippen molar-refractivity contribution in [1.82, 2.24) is 4.90 Å². The second kappa shape index (κ2) is 12.1. The van der Waals surface area contributed by atoms with Gasteiger partial charge in [0.25, 0.3) is 0 Å². The van der Waals surface area contributed by atoms with Crippen molar-refractivity contribution in [2.45, 2.75) is 89.6 Å². The van der Waals surface area contributed by atoms with Gasteiger partial charge in [0.05, 0.1) is 0 Å². The molecule has 0 saturated carbocycles. The average molecular weight is 375 g/mol. The molecule has 8 heteroatoms. The van der Waals surface area contributed by atoms with Gasteiger partial charge in [-0.3, -0.25) is 4.55 Å². The molecule has 0 radical (unpaired) electrons. The Hall–Kier alpha value is -0.340. The smallest absolute Gasteiger partial charge is 0.300 e. The van der Waals surface area contributed by atoms with Gasteiger partial charge in [0.15, 0.2) is 0 Å². The molecule has 1 aliphatic heterocycles. The van der Waals surface area contributed by atoms with E-state index in [4.69, 9.17) is 13.0 Å². The third-order valence-corrected chi connectivity index (χ3v) is 4.80. The predicted octanol–water partition coefficient (Wildman–Crippen LogP) is 5.01. The molecule has 4 nitrogen and oxygen atoms in total. The van der Waals surface area contributed by atoms with Crippen molar-refractivity contribution in [3.8, 4) is 0 Å². The van der Waals surface area contributed by atoms with E-state index in [1.807, 2.05) is 0 Å². The summed E-state index contributed by atoms with van der Waals surface area (Å²) in [6.07, 6.45) is 14.3. The Morgan fingerprint density at radius 1 is 1.04 bits per heavy atom. The third kappa shape index (κ3) is 10.5. The molecule has 0 aromatic carbocycles. The van der Waals surface area contributed by atoms with E-state index in [0.717, 1.165) is 6.04 Å². The van der Waals surface area contributed by atoms with Gasteiger partial charge in [-0.15, -0.1) is 0 Å². The lowest BCUT2D eigenvalue weighted by molar-refractivity contribution is -0.0510. The van der Waals surface area contributed by atoms with Gasteiger partial charge in [0.2, 0.25) is 0 Å². The van der Waals surface area contributed by atoms with Crippen molar-refractivity contribution < 1.29 is 26.1 Å². The van der Waals surface area contributed by atoms with Gasteiger partial charge >= 0.3 is 15.6 Å². The molecule has 1 aliphatic rings. The first kappa shape index (κ1) is 23.7. The molecule has 0 bridgehead atoms. The molecule has 0 aromatic rings. The maximum Gasteiger partial charge on any atom is 0.522 e. The lowest BCUT2D eigenvalue weighted by atomic mass is 10.1. The zero-order valence-corrected chi connectivity index (χ0v) is 15.6. The first-order valence-corrected chi connectivity index (χ1v) is 10.3. The monoisotopic (exact) mass is 375 g/mol. The SMILES string of the molecule is CCCCCCCCN1CCCC1CCC.O=S(=O)(O)C(F)(F)F. The summed E-state index contributed by atoms with van der Waals surface area (Å²) in [4.78, 5) is 2.75. The van der Waals surface area contributed by atoms with E-state index in [1.54, 1.807) is 0 Å². The van der Waals surface area contributed by atoms with Gasteiger partial charge in [-0.25, -0.2) is 0 Å². The number of hydrogen-bond acceptors (Lipinski definition) is 3. The normalized spacial score (nSPS) is 19.2. The van der Waals surface area contributed by atoms with Gasteiger partial charge in [-0.2, -0.15) is 21.6 Å². The molecule has 1 heterocycles. The van der Waals surface area contributed by atoms with Crippen molar-refractivity contribution in [2.75, 3.05) is 13.1 Å². The van der Waals surface area contributed by atoms with Gasteiger partial charge in [-0.1, -0.05) is 52.4 Å². The molecular formula is C16H32F3NO3S. The van der Waals surface area contributed by atoms with Crippen LogP contribution in [0.2, 0.25) is 0 Å². The molecule has 0 spiro atoms.